The third-order valence-corrected chi connectivity index (χ3v) is 3.64. The number of ether oxygens (including phenoxy) is 2. The molecule has 1 aromatic heterocycles. The zero-order valence-electron chi connectivity index (χ0n) is 12.9. The Morgan fingerprint density at radius 1 is 1.26 bits per heavy atom. The molecule has 118 valence electrons. The minimum atomic E-state index is -0.850. The number of pyridine rings is 1. The van der Waals surface area contributed by atoms with Gasteiger partial charge in [-0.05, 0) is 31.2 Å². The average Bonchev–Trinajstić information content (AvgIpc) is 2.60. The first-order chi connectivity index (χ1) is 11.1. The molecule has 2 aromatic rings. The monoisotopic (exact) mass is 312 g/mol. The van der Waals surface area contributed by atoms with Crippen molar-refractivity contribution in [3.8, 4) is 5.75 Å². The van der Waals surface area contributed by atoms with E-state index in [4.69, 9.17) is 9.47 Å². The van der Waals surface area contributed by atoms with E-state index in [1.54, 1.807) is 30.3 Å². The second-order valence-corrected chi connectivity index (χ2v) is 5.20. The summed E-state index contributed by atoms with van der Waals surface area (Å²) in [6, 6.07) is 10.6. The van der Waals surface area contributed by atoms with Gasteiger partial charge in [-0.15, -0.1) is 0 Å². The van der Waals surface area contributed by atoms with Crippen molar-refractivity contribution in [3.05, 3.63) is 53.9 Å². The van der Waals surface area contributed by atoms with Gasteiger partial charge in [0.15, 0.2) is 0 Å². The summed E-state index contributed by atoms with van der Waals surface area (Å²) in [5.74, 6) is -0.274. The number of rotatable bonds is 2. The minimum absolute atomic E-state index is 0.0936. The Balaban J connectivity index is 1.97. The van der Waals surface area contributed by atoms with Crippen molar-refractivity contribution >= 4 is 17.6 Å². The summed E-state index contributed by atoms with van der Waals surface area (Å²) in [5, 5.41) is 0. The van der Waals surface area contributed by atoms with Crippen molar-refractivity contribution in [2.45, 2.75) is 13.0 Å². The molecule has 0 saturated heterocycles. The molecule has 2 heterocycles. The summed E-state index contributed by atoms with van der Waals surface area (Å²) < 4.78 is 10.4. The number of esters is 1. The molecule has 6 heteroatoms. The number of carbonyl (C=O) groups is 2. The number of anilines is 1. The Morgan fingerprint density at radius 3 is 2.74 bits per heavy atom. The smallest absolute Gasteiger partial charge is 0.348 e. The van der Waals surface area contributed by atoms with E-state index in [9.17, 15) is 9.59 Å². The van der Waals surface area contributed by atoms with Gasteiger partial charge >= 0.3 is 5.97 Å². The minimum Gasteiger partial charge on any atom is -0.475 e. The lowest BCUT2D eigenvalue weighted by molar-refractivity contribution is -0.148. The van der Waals surface area contributed by atoms with Gasteiger partial charge in [-0.3, -0.25) is 9.78 Å². The highest BCUT2D eigenvalue weighted by Crippen LogP contribution is 2.34. The van der Waals surface area contributed by atoms with Gasteiger partial charge in [-0.1, -0.05) is 12.1 Å². The zero-order chi connectivity index (χ0) is 16.4. The fourth-order valence-electron chi connectivity index (χ4n) is 2.43. The standard InChI is InChI=1S/C17H16N2O4/c1-11-7-8-12(9-18-11)16(20)19-10-15(17(21)22-2)23-14-6-4-3-5-13(14)19/h3-9,15H,10H2,1-2H3/t15-/m0/s1. The molecule has 0 spiro atoms. The van der Waals surface area contributed by atoms with Crippen LogP contribution >= 0.6 is 0 Å². The quantitative estimate of drug-likeness (QED) is 0.793. The van der Waals surface area contributed by atoms with E-state index in [0.29, 0.717) is 17.0 Å². The Kier molecular flexibility index (Phi) is 3.97. The van der Waals surface area contributed by atoms with Crippen LogP contribution < -0.4 is 9.64 Å². The van der Waals surface area contributed by atoms with Crippen LogP contribution in [0.4, 0.5) is 5.69 Å². The van der Waals surface area contributed by atoms with Crippen LogP contribution in [0.5, 0.6) is 5.75 Å². The molecule has 0 fully saturated rings. The predicted molar refractivity (Wildman–Crippen MR) is 83.5 cm³/mol. The molecule has 1 atom stereocenters. The summed E-state index contributed by atoms with van der Waals surface area (Å²) in [7, 11) is 1.29. The van der Waals surface area contributed by atoms with E-state index < -0.39 is 12.1 Å². The molecule has 3 rings (SSSR count). The number of aromatic nitrogens is 1. The van der Waals surface area contributed by atoms with Gasteiger partial charge in [0, 0.05) is 11.9 Å². The van der Waals surface area contributed by atoms with Crippen molar-refractivity contribution in [1.82, 2.24) is 4.98 Å². The number of aryl methyl sites for hydroxylation is 1. The summed E-state index contributed by atoms with van der Waals surface area (Å²) in [5.41, 5.74) is 1.91. The third kappa shape index (κ3) is 2.88. The van der Waals surface area contributed by atoms with Crippen LogP contribution in [0, 0.1) is 6.92 Å². The van der Waals surface area contributed by atoms with Gasteiger partial charge in [-0.2, -0.15) is 0 Å². The van der Waals surface area contributed by atoms with Crippen molar-refractivity contribution in [2.24, 2.45) is 0 Å². The molecule has 0 saturated carbocycles. The van der Waals surface area contributed by atoms with E-state index in [-0.39, 0.29) is 12.5 Å². The number of methoxy groups -OCH3 is 1. The van der Waals surface area contributed by atoms with E-state index in [1.807, 2.05) is 13.0 Å². The number of carbonyl (C=O) groups excluding carboxylic acids is 2. The number of fused-ring (bicyclic) bond motifs is 1. The third-order valence-electron chi connectivity index (χ3n) is 3.64. The molecule has 6 nitrogen and oxygen atoms in total. The molecule has 0 N–H and O–H groups in total. The van der Waals surface area contributed by atoms with Gasteiger partial charge in [0.1, 0.15) is 5.75 Å². The number of hydrogen-bond acceptors (Lipinski definition) is 5. The second-order valence-electron chi connectivity index (χ2n) is 5.20. The van der Waals surface area contributed by atoms with Gasteiger partial charge in [0.05, 0.1) is 24.9 Å². The lowest BCUT2D eigenvalue weighted by atomic mass is 10.1. The van der Waals surface area contributed by atoms with Crippen LogP contribution in [0.3, 0.4) is 0 Å². The Morgan fingerprint density at radius 2 is 2.04 bits per heavy atom. The number of hydrogen-bond donors (Lipinski definition) is 0. The van der Waals surface area contributed by atoms with Crippen molar-refractivity contribution in [2.75, 3.05) is 18.6 Å². The van der Waals surface area contributed by atoms with Gasteiger partial charge in [0.2, 0.25) is 6.10 Å². The molecule has 1 amide bonds. The van der Waals surface area contributed by atoms with E-state index >= 15 is 0 Å². The maximum atomic E-state index is 12.8. The zero-order valence-corrected chi connectivity index (χ0v) is 12.9. The molecule has 0 unspecified atom stereocenters. The first-order valence-corrected chi connectivity index (χ1v) is 7.18. The van der Waals surface area contributed by atoms with Crippen LogP contribution in [0.1, 0.15) is 16.1 Å². The fraction of sp³-hybridized carbons (Fsp3) is 0.235. The van der Waals surface area contributed by atoms with Crippen molar-refractivity contribution in [1.29, 1.82) is 0 Å². The summed E-state index contributed by atoms with van der Waals surface area (Å²) in [6.45, 7) is 1.95. The molecule has 1 aromatic carbocycles. The molecule has 0 aliphatic carbocycles. The fourth-order valence-corrected chi connectivity index (χ4v) is 2.43. The van der Waals surface area contributed by atoms with Crippen LogP contribution in [-0.4, -0.2) is 36.6 Å². The topological polar surface area (TPSA) is 68.7 Å². The number of para-hydroxylation sites is 2. The normalized spacial score (nSPS) is 16.3. The maximum Gasteiger partial charge on any atom is 0.348 e. The van der Waals surface area contributed by atoms with Crippen molar-refractivity contribution in [3.63, 3.8) is 0 Å². The van der Waals surface area contributed by atoms with Crippen LogP contribution in [0.25, 0.3) is 0 Å². The molecular weight excluding hydrogens is 296 g/mol. The largest absolute Gasteiger partial charge is 0.475 e. The Hall–Kier alpha value is -2.89. The number of nitrogens with zero attached hydrogens (tertiary/aromatic N) is 2. The summed E-state index contributed by atoms with van der Waals surface area (Å²) in [4.78, 5) is 30.3. The van der Waals surface area contributed by atoms with Gasteiger partial charge in [-0.25, -0.2) is 4.79 Å². The highest BCUT2D eigenvalue weighted by atomic mass is 16.6. The van der Waals surface area contributed by atoms with Crippen LogP contribution in [-0.2, 0) is 9.53 Å². The van der Waals surface area contributed by atoms with Crippen molar-refractivity contribution < 1.29 is 19.1 Å². The molecule has 1 aliphatic heterocycles. The highest BCUT2D eigenvalue weighted by Gasteiger charge is 2.34. The van der Waals surface area contributed by atoms with Gasteiger partial charge < -0.3 is 14.4 Å². The van der Waals surface area contributed by atoms with Crippen LogP contribution in [0.15, 0.2) is 42.6 Å². The Labute approximate surface area is 133 Å². The summed E-state index contributed by atoms with van der Waals surface area (Å²) >= 11 is 0. The molecule has 1 aliphatic rings. The highest BCUT2D eigenvalue weighted by molar-refractivity contribution is 6.07. The first kappa shape index (κ1) is 15.0. The van der Waals surface area contributed by atoms with Crippen LogP contribution in [0.2, 0.25) is 0 Å². The molecule has 0 bridgehead atoms. The second kappa shape index (κ2) is 6.08. The van der Waals surface area contributed by atoms with E-state index in [2.05, 4.69) is 4.98 Å². The first-order valence-electron chi connectivity index (χ1n) is 7.18. The molecule has 23 heavy (non-hydrogen) atoms. The SMILES string of the molecule is COC(=O)[C@@H]1CN(C(=O)c2ccc(C)nc2)c2ccccc2O1. The number of amides is 1. The molecular formula is C17H16N2O4. The Bertz CT molecular complexity index is 743. The molecule has 0 radical (unpaired) electrons. The van der Waals surface area contributed by atoms with E-state index in [1.165, 1.54) is 18.2 Å². The van der Waals surface area contributed by atoms with E-state index in [0.717, 1.165) is 5.69 Å². The predicted octanol–water partition coefficient (Wildman–Crippen LogP) is 1.97. The van der Waals surface area contributed by atoms with Gasteiger partial charge in [0.25, 0.3) is 5.91 Å². The lowest BCUT2D eigenvalue weighted by Gasteiger charge is -2.33. The average molecular weight is 312 g/mol. The lowest BCUT2D eigenvalue weighted by Crippen LogP contribution is -2.47. The summed E-state index contributed by atoms with van der Waals surface area (Å²) in [6.07, 6.45) is 0.681. The number of benzene rings is 1. The maximum absolute atomic E-state index is 12.8.